The van der Waals surface area contributed by atoms with E-state index in [0.29, 0.717) is 11.7 Å². The van der Waals surface area contributed by atoms with Crippen molar-refractivity contribution in [2.75, 3.05) is 0 Å². The van der Waals surface area contributed by atoms with Gasteiger partial charge in [-0.05, 0) is 78.3 Å². The van der Waals surface area contributed by atoms with Gasteiger partial charge >= 0.3 is 0 Å². The van der Waals surface area contributed by atoms with E-state index in [2.05, 4.69) is 52.0 Å². The first-order valence-electron chi connectivity index (χ1n) is 11.1. The molecule has 0 saturated heterocycles. The highest BCUT2D eigenvalue weighted by Gasteiger charge is 2.20. The molecule has 1 N–H and O–H groups in total. The zero-order valence-electron chi connectivity index (χ0n) is 18.0. The van der Waals surface area contributed by atoms with Crippen LogP contribution in [0.1, 0.15) is 87.1 Å². The zero-order chi connectivity index (χ0) is 20.1. The Balaban J connectivity index is 1.91. The van der Waals surface area contributed by atoms with Crippen molar-refractivity contribution >= 4 is 11.9 Å². The van der Waals surface area contributed by atoms with Gasteiger partial charge in [-0.25, -0.2) is 0 Å². The number of aryl methyl sites for hydroxylation is 3. The zero-order valence-corrected chi connectivity index (χ0v) is 18.0. The first-order chi connectivity index (χ1) is 13.5. The van der Waals surface area contributed by atoms with Crippen LogP contribution in [-0.4, -0.2) is 11.3 Å². The van der Waals surface area contributed by atoms with Crippen LogP contribution in [0, 0.1) is 5.92 Å². The second-order valence-electron chi connectivity index (χ2n) is 8.36. The second kappa shape index (κ2) is 9.41. The molecule has 0 spiro atoms. The van der Waals surface area contributed by atoms with Gasteiger partial charge in [0.2, 0.25) is 0 Å². The number of aliphatic imine (C=N–C) groups is 1. The predicted octanol–water partition coefficient (Wildman–Crippen LogP) is 7.12. The number of rotatable bonds is 6. The first kappa shape index (κ1) is 20.6. The summed E-state index contributed by atoms with van der Waals surface area (Å²) in [7, 11) is 0. The van der Waals surface area contributed by atoms with E-state index in [0.717, 1.165) is 36.4 Å². The molecule has 0 bridgehead atoms. The van der Waals surface area contributed by atoms with Gasteiger partial charge in [0.15, 0.2) is 0 Å². The molecule has 1 aliphatic carbocycles. The van der Waals surface area contributed by atoms with Crippen LogP contribution in [0.2, 0.25) is 0 Å². The molecule has 0 radical (unpaired) electrons. The molecule has 2 nitrogen and oxygen atoms in total. The van der Waals surface area contributed by atoms with E-state index in [1.807, 2.05) is 12.3 Å². The van der Waals surface area contributed by atoms with E-state index < -0.39 is 0 Å². The molecule has 2 heteroatoms. The molecule has 1 saturated carbocycles. The van der Waals surface area contributed by atoms with E-state index in [4.69, 9.17) is 4.99 Å². The van der Waals surface area contributed by atoms with E-state index in [-0.39, 0.29) is 0 Å². The number of nitrogens with zero attached hydrogens (tertiary/aromatic N) is 1. The molecule has 0 aliphatic heterocycles. The van der Waals surface area contributed by atoms with Gasteiger partial charge in [0, 0.05) is 11.8 Å². The number of hydrogen-bond acceptors (Lipinski definition) is 2. The number of phenols is 1. The van der Waals surface area contributed by atoms with Crippen molar-refractivity contribution in [3.63, 3.8) is 0 Å². The molecule has 2 aromatic carbocycles. The quantitative estimate of drug-likeness (QED) is 0.534. The molecular formula is C26H35NO. The van der Waals surface area contributed by atoms with Gasteiger partial charge in [0.1, 0.15) is 5.75 Å². The topological polar surface area (TPSA) is 32.6 Å². The first-order valence-corrected chi connectivity index (χ1v) is 11.1. The van der Waals surface area contributed by atoms with Crippen molar-refractivity contribution < 1.29 is 5.11 Å². The summed E-state index contributed by atoms with van der Waals surface area (Å²) in [5.74, 6) is 1.78. The molecule has 0 atom stereocenters. The molecule has 1 aliphatic rings. The normalized spacial score (nSPS) is 20.0. The minimum atomic E-state index is 0.318. The van der Waals surface area contributed by atoms with Gasteiger partial charge < -0.3 is 5.11 Å². The minimum Gasteiger partial charge on any atom is -0.507 e. The lowest BCUT2D eigenvalue weighted by Crippen LogP contribution is -2.11. The minimum absolute atomic E-state index is 0.318. The molecule has 0 heterocycles. The molecule has 2 aromatic rings. The fraction of sp³-hybridized carbons (Fsp3) is 0.500. The third-order valence-corrected chi connectivity index (χ3v) is 6.37. The number of aromatic hydroxyl groups is 1. The standard InChI is InChI=1S/C26H35NO/c1-5-19-14-20(6-2)26(21(7-3)15-19)27-17-24-16-23(12-13-25(24)28)22-10-8-18(4)9-11-22/h12-18,22,28H,5-11H2,1-4H3. The SMILES string of the molecule is CCc1cc(CC)c(N=Cc2cc(C3CCC(C)CC3)ccc2O)c(CC)c1. The van der Waals surface area contributed by atoms with Crippen molar-refractivity contribution in [3.8, 4) is 5.75 Å². The predicted molar refractivity (Wildman–Crippen MR) is 120 cm³/mol. The lowest BCUT2D eigenvalue weighted by atomic mass is 9.79. The molecular weight excluding hydrogens is 342 g/mol. The summed E-state index contributed by atoms with van der Waals surface area (Å²) < 4.78 is 0. The van der Waals surface area contributed by atoms with Crippen LogP contribution in [-0.2, 0) is 19.3 Å². The van der Waals surface area contributed by atoms with Crippen LogP contribution < -0.4 is 0 Å². The number of hydrogen-bond donors (Lipinski definition) is 1. The summed E-state index contributed by atoms with van der Waals surface area (Å²) in [6, 6.07) is 10.7. The Morgan fingerprint density at radius 1 is 0.929 bits per heavy atom. The molecule has 0 unspecified atom stereocenters. The van der Waals surface area contributed by atoms with Gasteiger partial charge in [-0.3, -0.25) is 4.99 Å². The smallest absolute Gasteiger partial charge is 0.124 e. The molecule has 28 heavy (non-hydrogen) atoms. The Kier molecular flexibility index (Phi) is 6.93. The van der Waals surface area contributed by atoms with Crippen molar-refractivity contribution in [2.45, 2.75) is 78.6 Å². The highest BCUT2D eigenvalue weighted by molar-refractivity contribution is 5.86. The van der Waals surface area contributed by atoms with E-state index >= 15 is 0 Å². The fourth-order valence-electron chi connectivity index (χ4n) is 4.40. The highest BCUT2D eigenvalue weighted by Crippen LogP contribution is 2.37. The molecule has 0 aromatic heterocycles. The Hall–Kier alpha value is -2.09. The summed E-state index contributed by atoms with van der Waals surface area (Å²) in [5.41, 5.74) is 7.23. The van der Waals surface area contributed by atoms with Gasteiger partial charge in [-0.15, -0.1) is 0 Å². The van der Waals surface area contributed by atoms with Crippen molar-refractivity contribution in [1.29, 1.82) is 0 Å². The van der Waals surface area contributed by atoms with Gasteiger partial charge in [0.25, 0.3) is 0 Å². The number of benzene rings is 2. The largest absolute Gasteiger partial charge is 0.507 e. The monoisotopic (exact) mass is 377 g/mol. The van der Waals surface area contributed by atoms with Crippen LogP contribution >= 0.6 is 0 Å². The van der Waals surface area contributed by atoms with Crippen LogP contribution in [0.3, 0.4) is 0 Å². The maximum atomic E-state index is 10.4. The van der Waals surface area contributed by atoms with Crippen LogP contribution in [0.15, 0.2) is 35.3 Å². The number of phenolic OH excluding ortho intramolecular Hbond substituents is 1. The van der Waals surface area contributed by atoms with Gasteiger partial charge in [0.05, 0.1) is 5.69 Å². The molecule has 150 valence electrons. The fourth-order valence-corrected chi connectivity index (χ4v) is 4.40. The van der Waals surface area contributed by atoms with Crippen molar-refractivity contribution in [1.82, 2.24) is 0 Å². The lowest BCUT2D eigenvalue weighted by Gasteiger charge is -2.26. The summed E-state index contributed by atoms with van der Waals surface area (Å²) in [6.07, 6.45) is 9.97. The van der Waals surface area contributed by atoms with E-state index in [9.17, 15) is 5.11 Å². The Bertz CT molecular complexity index is 803. The highest BCUT2D eigenvalue weighted by atomic mass is 16.3. The van der Waals surface area contributed by atoms with Crippen molar-refractivity contribution in [3.05, 3.63) is 58.1 Å². The Labute approximate surface area is 170 Å². The average Bonchev–Trinajstić information content (AvgIpc) is 2.73. The maximum absolute atomic E-state index is 10.4. The molecule has 3 rings (SSSR count). The summed E-state index contributed by atoms with van der Waals surface area (Å²) in [4.78, 5) is 4.87. The van der Waals surface area contributed by atoms with E-state index in [1.54, 1.807) is 0 Å². The van der Waals surface area contributed by atoms with Crippen LogP contribution in [0.5, 0.6) is 5.75 Å². The average molecular weight is 378 g/mol. The van der Waals surface area contributed by atoms with Gasteiger partial charge in [-0.2, -0.15) is 0 Å². The lowest BCUT2D eigenvalue weighted by molar-refractivity contribution is 0.347. The molecule has 0 amide bonds. The van der Waals surface area contributed by atoms with Crippen molar-refractivity contribution in [2.24, 2.45) is 10.9 Å². The summed E-state index contributed by atoms with van der Waals surface area (Å²) >= 11 is 0. The maximum Gasteiger partial charge on any atom is 0.124 e. The second-order valence-corrected chi connectivity index (χ2v) is 8.36. The third-order valence-electron chi connectivity index (χ3n) is 6.37. The Morgan fingerprint density at radius 3 is 2.14 bits per heavy atom. The van der Waals surface area contributed by atoms with Gasteiger partial charge in [-0.1, -0.05) is 58.7 Å². The summed E-state index contributed by atoms with van der Waals surface area (Å²) in [6.45, 7) is 8.93. The Morgan fingerprint density at radius 2 is 1.57 bits per heavy atom. The van der Waals surface area contributed by atoms with Crippen LogP contribution in [0.25, 0.3) is 0 Å². The van der Waals surface area contributed by atoms with E-state index in [1.165, 1.54) is 47.9 Å². The molecule has 1 fully saturated rings. The van der Waals surface area contributed by atoms with Crippen LogP contribution in [0.4, 0.5) is 5.69 Å². The summed E-state index contributed by atoms with van der Waals surface area (Å²) in [5, 5.41) is 10.4. The third kappa shape index (κ3) is 4.66.